The average Bonchev–Trinajstić information content (AvgIpc) is 3.22. The van der Waals surface area contributed by atoms with Crippen molar-refractivity contribution in [3.05, 3.63) is 11.6 Å². The Balaban J connectivity index is 1.10. The fourth-order valence-corrected chi connectivity index (χ4v) is 15.1. The van der Waals surface area contributed by atoms with E-state index >= 15 is 0 Å². The quantitative estimate of drug-likeness (QED) is 0.117. The molecule has 4 saturated carbocycles. The second-order valence-electron chi connectivity index (χ2n) is 23.7. The van der Waals surface area contributed by atoms with Crippen molar-refractivity contribution in [1.82, 2.24) is 0 Å². The van der Waals surface area contributed by atoms with Crippen molar-refractivity contribution in [2.45, 2.75) is 218 Å². The van der Waals surface area contributed by atoms with E-state index in [1.165, 1.54) is 5.57 Å². The molecule has 0 aromatic heterocycles. The fraction of sp³-hybridized carbons (Fsp3) is 0.938. The van der Waals surface area contributed by atoms with Crippen LogP contribution in [0.1, 0.15) is 120 Å². The highest BCUT2D eigenvalue weighted by Crippen LogP contribution is 2.76. The number of aliphatic hydroxyl groups is 9. The molecule has 17 nitrogen and oxygen atoms in total. The summed E-state index contributed by atoms with van der Waals surface area (Å²) in [6.45, 7) is 16.7. The monoisotopic (exact) mass is 927 g/mol. The van der Waals surface area contributed by atoms with Crippen molar-refractivity contribution in [3.63, 3.8) is 0 Å². The maximum absolute atomic E-state index is 12.5. The van der Waals surface area contributed by atoms with E-state index in [0.29, 0.717) is 12.8 Å². The van der Waals surface area contributed by atoms with Crippen molar-refractivity contribution in [2.24, 2.45) is 50.2 Å². The molecule has 0 aromatic rings. The lowest BCUT2D eigenvalue weighted by atomic mass is 9.33. The second-order valence-corrected chi connectivity index (χ2v) is 23.7. The summed E-state index contributed by atoms with van der Waals surface area (Å²) in [5.74, 6) is -1.06. The Hall–Kier alpha value is -1.39. The zero-order chi connectivity index (χ0) is 47.6. The highest BCUT2D eigenvalue weighted by Gasteiger charge is 2.69. The van der Waals surface area contributed by atoms with Crippen LogP contribution in [0.3, 0.4) is 0 Å². The van der Waals surface area contributed by atoms with E-state index in [-0.39, 0.29) is 58.5 Å². The van der Waals surface area contributed by atoms with Gasteiger partial charge >= 0.3 is 5.97 Å². The maximum atomic E-state index is 12.5. The number of aliphatic hydroxyl groups excluding tert-OH is 9. The molecule has 8 rings (SSSR count). The van der Waals surface area contributed by atoms with Crippen molar-refractivity contribution in [2.75, 3.05) is 13.2 Å². The number of rotatable bonds is 9. The number of fused-ring (bicyclic) bond motifs is 7. The molecule has 0 unspecified atom stereocenters. The lowest BCUT2D eigenvalue weighted by molar-refractivity contribution is -0.391. The molecule has 372 valence electrons. The van der Waals surface area contributed by atoms with E-state index in [0.717, 1.165) is 44.9 Å². The molecule has 0 amide bonds. The average molecular weight is 927 g/mol. The number of ether oxygens (including phenoxy) is 6. The second kappa shape index (κ2) is 17.5. The van der Waals surface area contributed by atoms with Gasteiger partial charge in [-0.2, -0.15) is 0 Å². The molecule has 0 aromatic carbocycles. The molecule has 10 N–H and O–H groups in total. The highest BCUT2D eigenvalue weighted by atomic mass is 16.8. The lowest BCUT2D eigenvalue weighted by Gasteiger charge is -2.71. The molecule has 0 radical (unpaired) electrons. The molecule has 0 bridgehead atoms. The van der Waals surface area contributed by atoms with Gasteiger partial charge in [-0.15, -0.1) is 0 Å². The minimum atomic E-state index is -2.03. The first-order valence-electron chi connectivity index (χ1n) is 24.1. The third kappa shape index (κ3) is 8.09. The molecule has 5 aliphatic carbocycles. The molecular formula is C48H78O17. The molecule has 3 heterocycles. The number of carboxylic acid groups (broad SMARTS) is 1. The van der Waals surface area contributed by atoms with Crippen molar-refractivity contribution in [3.8, 4) is 0 Å². The molecule has 24 atom stereocenters. The predicted molar refractivity (Wildman–Crippen MR) is 229 cm³/mol. The topological polar surface area (TPSA) is 275 Å². The Bertz CT molecular complexity index is 1780. The van der Waals surface area contributed by atoms with E-state index in [2.05, 4.69) is 54.5 Å². The van der Waals surface area contributed by atoms with Crippen LogP contribution in [0.5, 0.6) is 0 Å². The van der Waals surface area contributed by atoms with Gasteiger partial charge in [0, 0.05) is 18.4 Å². The number of carboxylic acids is 1. The molecule has 3 saturated heterocycles. The van der Waals surface area contributed by atoms with Crippen LogP contribution >= 0.6 is 0 Å². The van der Waals surface area contributed by atoms with Gasteiger partial charge in [0.05, 0.1) is 31.0 Å². The summed E-state index contributed by atoms with van der Waals surface area (Å²) in [7, 11) is 0. The first-order valence-corrected chi connectivity index (χ1v) is 24.1. The smallest absolute Gasteiger partial charge is 0.335 e. The van der Waals surface area contributed by atoms with Crippen LogP contribution in [-0.2, 0) is 33.2 Å². The number of hydrogen-bond donors (Lipinski definition) is 10. The van der Waals surface area contributed by atoms with Crippen LogP contribution in [0.15, 0.2) is 11.6 Å². The summed E-state index contributed by atoms with van der Waals surface area (Å²) in [5.41, 5.74) is -0.0811. The zero-order valence-corrected chi connectivity index (χ0v) is 39.4. The van der Waals surface area contributed by atoms with E-state index in [1.807, 2.05) is 0 Å². The Labute approximate surface area is 382 Å². The minimum absolute atomic E-state index is 0.00110. The van der Waals surface area contributed by atoms with E-state index in [4.69, 9.17) is 28.4 Å². The van der Waals surface area contributed by atoms with Crippen LogP contribution in [0.4, 0.5) is 0 Å². The predicted octanol–water partition coefficient (Wildman–Crippen LogP) is 1.73. The Morgan fingerprint density at radius 1 is 0.708 bits per heavy atom. The van der Waals surface area contributed by atoms with Gasteiger partial charge in [-0.1, -0.05) is 60.1 Å². The summed E-state index contributed by atoms with van der Waals surface area (Å²) in [6.07, 6.45) is -13.9. The number of hydrogen-bond acceptors (Lipinski definition) is 16. The summed E-state index contributed by atoms with van der Waals surface area (Å²) >= 11 is 0. The summed E-state index contributed by atoms with van der Waals surface area (Å²) < 4.78 is 36.7. The number of carbonyl (C=O) groups is 1. The van der Waals surface area contributed by atoms with Gasteiger partial charge in [-0.05, 0) is 110 Å². The summed E-state index contributed by atoms with van der Waals surface area (Å²) in [6, 6.07) is 0. The van der Waals surface area contributed by atoms with Gasteiger partial charge in [0.25, 0.3) is 0 Å². The SMILES string of the molecule is C[C@@H]1O[C@@H](O[C@H]2[C@H](O[C@H]3[C@H](O[C@@H]4C[C@](C)(CO)[C@H]5CC[C@]6(C)[C@H](CC=C7[C@H]8CC(C)(C)C[C@@H](O)[C@]8(C)CC[C@]76C)[C@]5(C)C4)O[C@H](C(=O)O)[C@@H](O)[C@@H]3O)O[C@H](CO)[C@H](O)[C@@H]2O)[C@H](O)C[C@H]1O. The van der Waals surface area contributed by atoms with E-state index < -0.39 is 116 Å². The standard InChI is InChI=1S/C48H78O17/c1-22-26(51)15-27(52)40(60-22)64-37-33(55)32(54)28(20-49)62-42(37)65-38-35(57)34(56)36(39(58)59)63-41(38)61-23-16-44(4,21-50)29-11-12-48(8)30(46(29,6)17-23)10-9-24-25-18-43(2,3)19-31(53)45(25,5)13-14-47(24,48)7/h9,22-23,25-38,40-42,49-57H,10-21H2,1-8H3,(H,58,59)/t22-,23+,25+,26+,27+,28+,29+,30+,31+,32-,33-,34-,35-,36-,37+,38+,40-,41+,42-,44+,45+,46+,47+,48+/m0/s1. The number of allylic oxidation sites excluding steroid dienone is 2. The molecule has 65 heavy (non-hydrogen) atoms. The summed E-state index contributed by atoms with van der Waals surface area (Å²) in [4.78, 5) is 12.5. The van der Waals surface area contributed by atoms with Gasteiger partial charge in [0.2, 0.25) is 0 Å². The third-order valence-corrected chi connectivity index (χ3v) is 19.2. The van der Waals surface area contributed by atoms with Crippen LogP contribution in [0.2, 0.25) is 0 Å². The van der Waals surface area contributed by atoms with Crippen LogP contribution in [0.25, 0.3) is 0 Å². The first kappa shape index (κ1) is 50.0. The van der Waals surface area contributed by atoms with E-state index in [1.54, 1.807) is 6.92 Å². The minimum Gasteiger partial charge on any atom is -0.479 e. The Morgan fingerprint density at radius 3 is 2.00 bits per heavy atom. The van der Waals surface area contributed by atoms with Crippen molar-refractivity contribution < 1.29 is 84.3 Å². The normalized spacial score (nSPS) is 55.5. The summed E-state index contributed by atoms with van der Waals surface area (Å²) in [5, 5.41) is 109. The van der Waals surface area contributed by atoms with Gasteiger partial charge in [0.15, 0.2) is 25.0 Å². The Kier molecular flexibility index (Phi) is 13.4. The fourth-order valence-electron chi connectivity index (χ4n) is 15.1. The molecule has 8 aliphatic rings. The van der Waals surface area contributed by atoms with Gasteiger partial charge in [-0.25, -0.2) is 4.79 Å². The highest BCUT2D eigenvalue weighted by molar-refractivity contribution is 5.73. The lowest BCUT2D eigenvalue weighted by Crippen LogP contribution is -2.67. The van der Waals surface area contributed by atoms with Crippen LogP contribution in [-0.4, -0.2) is 168 Å². The molecular weight excluding hydrogens is 849 g/mol. The van der Waals surface area contributed by atoms with Gasteiger partial charge in [-0.3, -0.25) is 0 Å². The maximum Gasteiger partial charge on any atom is 0.335 e. The molecule has 7 fully saturated rings. The van der Waals surface area contributed by atoms with Crippen molar-refractivity contribution in [1.29, 1.82) is 0 Å². The van der Waals surface area contributed by atoms with Crippen molar-refractivity contribution >= 4 is 5.97 Å². The van der Waals surface area contributed by atoms with Gasteiger partial charge in [0.1, 0.15) is 48.8 Å². The first-order chi connectivity index (χ1) is 30.3. The Morgan fingerprint density at radius 2 is 1.35 bits per heavy atom. The van der Waals surface area contributed by atoms with Gasteiger partial charge < -0.3 is 79.5 Å². The van der Waals surface area contributed by atoms with Crippen LogP contribution in [0, 0.1) is 50.2 Å². The molecule has 17 heteroatoms. The number of aliphatic carboxylic acids is 1. The third-order valence-electron chi connectivity index (χ3n) is 19.2. The molecule has 3 aliphatic heterocycles. The van der Waals surface area contributed by atoms with Crippen LogP contribution < -0.4 is 0 Å². The van der Waals surface area contributed by atoms with E-state index in [9.17, 15) is 55.9 Å². The molecule has 0 spiro atoms. The largest absolute Gasteiger partial charge is 0.479 e. The zero-order valence-electron chi connectivity index (χ0n) is 39.4.